The number of thiazole rings is 1. The quantitative estimate of drug-likeness (QED) is 0.456. The van der Waals surface area contributed by atoms with Crippen molar-refractivity contribution in [2.75, 3.05) is 11.1 Å². The molecule has 0 aliphatic carbocycles. The minimum Gasteiger partial charge on any atom is -0.384 e. The Hall–Kier alpha value is -2.82. The van der Waals surface area contributed by atoms with Crippen LogP contribution in [0.5, 0.6) is 0 Å². The zero-order chi connectivity index (χ0) is 21.3. The smallest absolute Gasteiger partial charge is 0.332 e. The van der Waals surface area contributed by atoms with Gasteiger partial charge in [0.15, 0.2) is 5.13 Å². The molecule has 2 aromatic heterocycles. The molecule has 0 aliphatic rings. The van der Waals surface area contributed by atoms with Gasteiger partial charge in [-0.1, -0.05) is 36.0 Å². The van der Waals surface area contributed by atoms with Crippen molar-refractivity contribution in [1.82, 2.24) is 14.1 Å². The fraction of sp³-hybridized carbons (Fsp3) is 0.167. The number of hydrogen-bond acceptors (Lipinski definition) is 7. The van der Waals surface area contributed by atoms with Crippen LogP contribution in [0.3, 0.4) is 0 Å². The fourth-order valence-corrected chi connectivity index (χ4v) is 3.79. The minimum atomic E-state index is -0.636. The average molecular weight is 450 g/mol. The molecule has 8 nitrogen and oxygen atoms in total. The third-order valence-electron chi connectivity index (χ3n) is 4.20. The van der Waals surface area contributed by atoms with Crippen LogP contribution in [0.4, 0.5) is 10.9 Å². The summed E-state index contributed by atoms with van der Waals surface area (Å²) in [5, 5.41) is 5.48. The van der Waals surface area contributed by atoms with Crippen molar-refractivity contribution in [2.45, 2.75) is 6.42 Å². The number of hydrogen-bond donors (Lipinski definition) is 2. The molecule has 0 unspecified atom stereocenters. The van der Waals surface area contributed by atoms with Gasteiger partial charge in [-0.25, -0.2) is 9.78 Å². The zero-order valence-corrected chi connectivity index (χ0v) is 17.8. The number of nitrogen functional groups attached to an aromatic ring is 1. The first kappa shape index (κ1) is 20.9. The van der Waals surface area contributed by atoms with E-state index in [1.165, 1.54) is 25.4 Å². The number of carbonyl (C=O) groups is 1. The molecule has 0 aliphatic heterocycles. The highest BCUT2D eigenvalue weighted by Gasteiger charge is 2.20. The summed E-state index contributed by atoms with van der Waals surface area (Å²) in [6, 6.07) is 7.17. The molecular weight excluding hydrogens is 434 g/mol. The van der Waals surface area contributed by atoms with E-state index in [1.54, 1.807) is 17.5 Å². The number of nitrogens with one attached hydrogen (secondary N) is 1. The number of nitrogens with two attached hydrogens (primary N) is 1. The average Bonchev–Trinajstić information content (AvgIpc) is 3.13. The molecule has 0 bridgehead atoms. The highest BCUT2D eigenvalue weighted by molar-refractivity contribution is 7.81. The molecule has 0 saturated carbocycles. The van der Waals surface area contributed by atoms with Crippen molar-refractivity contribution in [3.05, 3.63) is 61.1 Å². The van der Waals surface area contributed by atoms with E-state index >= 15 is 0 Å². The topological polar surface area (TPSA) is 112 Å². The molecule has 11 heteroatoms. The van der Waals surface area contributed by atoms with Gasteiger partial charge >= 0.3 is 5.69 Å². The second-order valence-electron chi connectivity index (χ2n) is 6.16. The lowest BCUT2D eigenvalue weighted by atomic mass is 10.1. The number of halogens is 1. The number of thiocarbonyl (C=S) groups is 1. The Morgan fingerprint density at radius 1 is 1.24 bits per heavy atom. The lowest BCUT2D eigenvalue weighted by Crippen LogP contribution is -2.41. The molecule has 1 amide bonds. The number of anilines is 2. The van der Waals surface area contributed by atoms with Crippen molar-refractivity contribution in [3.63, 3.8) is 0 Å². The van der Waals surface area contributed by atoms with Crippen LogP contribution in [-0.4, -0.2) is 24.9 Å². The maximum absolute atomic E-state index is 12.4. The van der Waals surface area contributed by atoms with Gasteiger partial charge in [0.1, 0.15) is 5.82 Å². The van der Waals surface area contributed by atoms with Crippen LogP contribution in [0.1, 0.15) is 12.0 Å². The summed E-state index contributed by atoms with van der Waals surface area (Å²) in [4.78, 5) is 41.0. The maximum Gasteiger partial charge on any atom is 0.332 e. The van der Waals surface area contributed by atoms with Gasteiger partial charge in [0.05, 0.1) is 17.7 Å². The van der Waals surface area contributed by atoms with E-state index in [0.717, 1.165) is 14.7 Å². The number of rotatable bonds is 5. The van der Waals surface area contributed by atoms with E-state index in [0.29, 0.717) is 15.8 Å². The van der Waals surface area contributed by atoms with Crippen LogP contribution in [0.2, 0.25) is 5.02 Å². The molecule has 150 valence electrons. The summed E-state index contributed by atoms with van der Waals surface area (Å²) in [7, 11) is 2.75. The van der Waals surface area contributed by atoms with Crippen LogP contribution >= 0.6 is 35.2 Å². The van der Waals surface area contributed by atoms with Crippen molar-refractivity contribution >= 4 is 56.9 Å². The number of amides is 1. The largest absolute Gasteiger partial charge is 0.384 e. The fourth-order valence-electron chi connectivity index (χ4n) is 2.60. The minimum absolute atomic E-state index is 0.0271. The summed E-state index contributed by atoms with van der Waals surface area (Å²) in [6.45, 7) is 0. The molecule has 2 heterocycles. The van der Waals surface area contributed by atoms with Gasteiger partial charge in [-0.2, -0.15) is 0 Å². The highest BCUT2D eigenvalue weighted by Crippen LogP contribution is 2.26. The molecule has 0 fully saturated rings. The lowest BCUT2D eigenvalue weighted by Gasteiger charge is -2.12. The van der Waals surface area contributed by atoms with Gasteiger partial charge in [0.2, 0.25) is 5.91 Å². The van der Waals surface area contributed by atoms with Gasteiger partial charge in [0.25, 0.3) is 5.56 Å². The Kier molecular flexibility index (Phi) is 5.96. The van der Waals surface area contributed by atoms with Gasteiger partial charge in [-0.15, -0.1) is 11.3 Å². The highest BCUT2D eigenvalue weighted by atomic mass is 35.5. The van der Waals surface area contributed by atoms with Crippen molar-refractivity contribution < 1.29 is 4.79 Å². The third kappa shape index (κ3) is 4.29. The normalized spacial score (nSPS) is 10.7. The molecule has 0 atom stereocenters. The van der Waals surface area contributed by atoms with Crippen LogP contribution in [0.15, 0.2) is 39.2 Å². The maximum atomic E-state index is 12.4. The molecule has 29 heavy (non-hydrogen) atoms. The first-order valence-electron chi connectivity index (χ1n) is 8.29. The SMILES string of the molecule is Cn1c(N)c(C(=S)CC(=O)Nc2nc(-c3ccc(Cl)cc3)cs2)c(=O)n(C)c1=O. The summed E-state index contributed by atoms with van der Waals surface area (Å²) in [5.41, 5.74) is 6.20. The summed E-state index contributed by atoms with van der Waals surface area (Å²) in [5.74, 6) is -0.516. The molecule has 0 radical (unpaired) electrons. The Labute approximate surface area is 179 Å². The van der Waals surface area contributed by atoms with Crippen molar-refractivity contribution in [2.24, 2.45) is 14.1 Å². The van der Waals surface area contributed by atoms with E-state index in [9.17, 15) is 14.4 Å². The Morgan fingerprint density at radius 2 is 1.90 bits per heavy atom. The number of nitrogens with zero attached hydrogens (tertiary/aromatic N) is 3. The first-order chi connectivity index (χ1) is 13.7. The van der Waals surface area contributed by atoms with Gasteiger partial charge in [-0.3, -0.25) is 18.7 Å². The molecule has 1 aromatic carbocycles. The van der Waals surface area contributed by atoms with E-state index < -0.39 is 17.2 Å². The molecule has 0 saturated heterocycles. The van der Waals surface area contributed by atoms with E-state index in [4.69, 9.17) is 29.6 Å². The Morgan fingerprint density at radius 3 is 2.55 bits per heavy atom. The molecule has 3 rings (SSSR count). The Bertz CT molecular complexity index is 1230. The van der Waals surface area contributed by atoms with Crippen LogP contribution < -0.4 is 22.3 Å². The number of benzene rings is 1. The van der Waals surface area contributed by atoms with Gasteiger partial charge in [-0.05, 0) is 12.1 Å². The summed E-state index contributed by atoms with van der Waals surface area (Å²) < 4.78 is 2.01. The number of aromatic nitrogens is 3. The second-order valence-corrected chi connectivity index (χ2v) is 7.95. The van der Waals surface area contributed by atoms with Crippen molar-refractivity contribution in [1.29, 1.82) is 0 Å². The third-order valence-corrected chi connectivity index (χ3v) is 5.56. The molecule has 3 aromatic rings. The summed E-state index contributed by atoms with van der Waals surface area (Å²) >= 11 is 12.4. The zero-order valence-electron chi connectivity index (χ0n) is 15.4. The second kappa shape index (κ2) is 8.27. The van der Waals surface area contributed by atoms with Gasteiger partial charge < -0.3 is 11.1 Å². The van der Waals surface area contributed by atoms with Gasteiger partial charge in [0, 0.05) is 34.9 Å². The lowest BCUT2D eigenvalue weighted by molar-refractivity contribution is -0.115. The standard InChI is InChI=1S/C18H16ClN5O3S2/c1-23-15(20)14(16(26)24(2)18(23)27)12(28)7-13(25)22-17-21-11(8-29-17)9-3-5-10(19)6-4-9/h3-6,8H,7,20H2,1-2H3,(H,21,22,25). The number of carbonyl (C=O) groups excluding carboxylic acids is 1. The summed E-state index contributed by atoms with van der Waals surface area (Å²) in [6.07, 6.45) is -0.247. The van der Waals surface area contributed by atoms with E-state index in [2.05, 4.69) is 10.3 Å². The molecular formula is C18H16ClN5O3S2. The van der Waals surface area contributed by atoms with Crippen molar-refractivity contribution in [3.8, 4) is 11.3 Å². The van der Waals surface area contributed by atoms with Crippen LogP contribution in [-0.2, 0) is 18.9 Å². The molecule has 0 spiro atoms. The van der Waals surface area contributed by atoms with E-state index in [1.807, 2.05) is 12.1 Å². The molecule has 3 N–H and O–H groups in total. The first-order valence-corrected chi connectivity index (χ1v) is 9.95. The van der Waals surface area contributed by atoms with E-state index in [-0.39, 0.29) is 22.7 Å². The van der Waals surface area contributed by atoms with Crippen LogP contribution in [0, 0.1) is 0 Å². The van der Waals surface area contributed by atoms with Crippen LogP contribution in [0.25, 0.3) is 11.3 Å². The Balaban J connectivity index is 1.75. The predicted molar refractivity (Wildman–Crippen MR) is 119 cm³/mol. The predicted octanol–water partition coefficient (Wildman–Crippen LogP) is 2.19. The monoisotopic (exact) mass is 449 g/mol.